The van der Waals surface area contributed by atoms with Gasteiger partial charge >= 0.3 is 12.6 Å². The second-order valence-electron chi connectivity index (χ2n) is 11.9. The van der Waals surface area contributed by atoms with E-state index in [4.69, 9.17) is 32.7 Å². The number of benzene rings is 2. The van der Waals surface area contributed by atoms with Gasteiger partial charge in [0.2, 0.25) is 10.0 Å². The summed E-state index contributed by atoms with van der Waals surface area (Å²) in [6.07, 6.45) is 2.77. The maximum absolute atomic E-state index is 13.7. The van der Waals surface area contributed by atoms with E-state index in [2.05, 4.69) is 10.1 Å². The Balaban J connectivity index is 1.41. The van der Waals surface area contributed by atoms with E-state index < -0.39 is 34.7 Å². The second-order valence-corrected chi connectivity index (χ2v) is 14.6. The summed E-state index contributed by atoms with van der Waals surface area (Å²) < 4.78 is 71.6. The molecule has 0 spiro atoms. The third-order valence-electron chi connectivity index (χ3n) is 7.98. The molecule has 1 aliphatic heterocycles. The first kappa shape index (κ1) is 36.5. The number of amides is 1. The maximum Gasteiger partial charge on any atom is 0.387 e. The summed E-state index contributed by atoms with van der Waals surface area (Å²) in [6.45, 7) is -2.98. The smallest absolute Gasteiger partial charge is 0.387 e. The molecular formula is C32H34Cl2F2N4O8S. The summed E-state index contributed by atoms with van der Waals surface area (Å²) in [5, 5.41) is 14.9. The monoisotopic (exact) mass is 742 g/mol. The quantitative estimate of drug-likeness (QED) is 0.155. The van der Waals surface area contributed by atoms with E-state index in [0.717, 1.165) is 29.5 Å². The third-order valence-corrected chi connectivity index (χ3v) is 10.5. The lowest BCUT2D eigenvalue weighted by Gasteiger charge is -2.32. The fraction of sp³-hybridized carbons (Fsp3) is 0.406. The van der Waals surface area contributed by atoms with Crippen molar-refractivity contribution in [3.05, 3.63) is 86.8 Å². The minimum atomic E-state index is -4.13. The number of carbonyl (C=O) groups is 2. The van der Waals surface area contributed by atoms with Gasteiger partial charge in [0.05, 0.1) is 11.5 Å². The third kappa shape index (κ3) is 9.08. The van der Waals surface area contributed by atoms with Gasteiger partial charge in [-0.05, 0) is 54.7 Å². The maximum atomic E-state index is 13.7. The van der Waals surface area contributed by atoms with Crippen molar-refractivity contribution in [2.75, 3.05) is 40.3 Å². The molecule has 0 radical (unpaired) electrons. The predicted octanol–water partition coefficient (Wildman–Crippen LogP) is 4.21. The number of aromatic nitrogens is 1. The van der Waals surface area contributed by atoms with Crippen LogP contribution in [-0.4, -0.2) is 82.5 Å². The molecule has 17 heteroatoms. The number of pyridine rings is 1. The van der Waals surface area contributed by atoms with Crippen LogP contribution in [0, 0.1) is 11.1 Å². The highest BCUT2D eigenvalue weighted by atomic mass is 35.5. The van der Waals surface area contributed by atoms with Gasteiger partial charge in [0.15, 0.2) is 23.9 Å². The average molecular weight is 744 g/mol. The van der Waals surface area contributed by atoms with Crippen molar-refractivity contribution in [1.82, 2.24) is 14.5 Å². The van der Waals surface area contributed by atoms with E-state index in [1.54, 1.807) is 14.1 Å². The molecule has 2 heterocycles. The van der Waals surface area contributed by atoms with E-state index in [9.17, 15) is 32.0 Å². The average Bonchev–Trinajstić information content (AvgIpc) is 3.89. The van der Waals surface area contributed by atoms with Gasteiger partial charge in [-0.2, -0.15) is 17.8 Å². The van der Waals surface area contributed by atoms with Crippen LogP contribution in [0.5, 0.6) is 11.5 Å². The molecule has 5 rings (SSSR count). The Hall–Kier alpha value is -3.76. The molecule has 1 unspecified atom stereocenters. The lowest BCUT2D eigenvalue weighted by atomic mass is 10.0. The predicted molar refractivity (Wildman–Crippen MR) is 174 cm³/mol. The fourth-order valence-electron chi connectivity index (χ4n) is 5.18. The molecule has 1 N–H and O–H groups in total. The zero-order chi connectivity index (χ0) is 35.5. The summed E-state index contributed by atoms with van der Waals surface area (Å²) >= 11 is 12.7. The van der Waals surface area contributed by atoms with Crippen LogP contribution < -0.4 is 19.5 Å². The molecule has 2 aliphatic rings. The Morgan fingerprint density at radius 2 is 1.82 bits per heavy atom. The van der Waals surface area contributed by atoms with Crippen LogP contribution in [0.2, 0.25) is 10.0 Å². The van der Waals surface area contributed by atoms with E-state index in [0.29, 0.717) is 10.3 Å². The number of carbonyl (C=O) groups excluding carboxylic acids is 2. The number of hydrogen-bond acceptors (Lipinski definition) is 9. The Morgan fingerprint density at radius 3 is 2.47 bits per heavy atom. The molecule has 0 bridgehead atoms. The first-order valence-electron chi connectivity index (χ1n) is 15.3. The van der Waals surface area contributed by atoms with Crippen LogP contribution in [-0.2, 0) is 26.0 Å². The first-order valence-corrected chi connectivity index (χ1v) is 17.5. The summed E-state index contributed by atoms with van der Waals surface area (Å²) in [5.74, 6) is -1.11. The van der Waals surface area contributed by atoms with Crippen molar-refractivity contribution in [3.63, 3.8) is 0 Å². The summed E-state index contributed by atoms with van der Waals surface area (Å²) in [5.41, 5.74) is 0.773. The number of esters is 1. The van der Waals surface area contributed by atoms with Crippen molar-refractivity contribution < 1.29 is 45.7 Å². The van der Waals surface area contributed by atoms with Gasteiger partial charge in [-0.3, -0.25) is 9.59 Å². The highest BCUT2D eigenvalue weighted by molar-refractivity contribution is 7.89. The molecule has 1 amide bonds. The highest BCUT2D eigenvalue weighted by Gasteiger charge is 2.36. The molecule has 1 aliphatic carbocycles. The van der Waals surface area contributed by atoms with Crippen molar-refractivity contribution >= 4 is 45.1 Å². The van der Waals surface area contributed by atoms with Crippen molar-refractivity contribution in [2.24, 2.45) is 5.92 Å². The number of ether oxygens (including phenoxy) is 3. The van der Waals surface area contributed by atoms with Gasteiger partial charge in [-0.1, -0.05) is 35.3 Å². The van der Waals surface area contributed by atoms with Crippen LogP contribution >= 0.6 is 23.2 Å². The number of nitrogens with one attached hydrogen (secondary N) is 1. The van der Waals surface area contributed by atoms with Crippen LogP contribution in [0.3, 0.4) is 0 Å². The van der Waals surface area contributed by atoms with Gasteiger partial charge in [0.25, 0.3) is 5.91 Å². The molecule has 49 heavy (non-hydrogen) atoms. The SMILES string of the molecule is CN(C)C(=O)c1cccc(S(=O)(=O)N2CCNC(C(=O)O[C@@H](Cc3c(Cl)c[n+]([O-])cc3Cl)c3ccc(OC(F)F)c(OCC4CC4)c3)C2)c1. The highest BCUT2D eigenvalue weighted by Crippen LogP contribution is 2.38. The van der Waals surface area contributed by atoms with Gasteiger partial charge in [-0.15, -0.1) is 0 Å². The molecule has 2 fully saturated rings. The number of hydrogen-bond donors (Lipinski definition) is 1. The molecule has 2 aromatic carbocycles. The zero-order valence-corrected chi connectivity index (χ0v) is 28.8. The van der Waals surface area contributed by atoms with Gasteiger partial charge < -0.3 is 29.6 Å². The fourth-order valence-corrected chi connectivity index (χ4v) is 7.28. The standard InChI is InChI=1S/C32H34Cl2F2N4O8S/c1-38(2)30(41)21-4-3-5-22(12-21)49(44,45)40-11-10-37-26(17-40)31(42)47-28(14-23-24(33)15-39(43)16-25(23)34)20-8-9-27(48-32(35)36)29(13-20)46-18-19-6-7-19/h3-5,8-9,12-13,15-16,19,26,28,32,37H,6-7,10-11,14,17-18H2,1-2H3/t26?,28-/m0/s1. The molecule has 3 aromatic rings. The molecule has 1 saturated carbocycles. The number of halogens is 4. The number of nitrogens with zero attached hydrogens (tertiary/aromatic N) is 3. The summed E-state index contributed by atoms with van der Waals surface area (Å²) in [7, 11) is -1.02. The van der Waals surface area contributed by atoms with Gasteiger partial charge in [0.1, 0.15) is 22.2 Å². The molecule has 2 atom stereocenters. The normalized spacial score (nSPS) is 17.4. The van der Waals surface area contributed by atoms with Crippen LogP contribution in [0.4, 0.5) is 8.78 Å². The molecule has 12 nitrogen and oxygen atoms in total. The van der Waals surface area contributed by atoms with E-state index in [1.807, 2.05) is 0 Å². The number of sulfonamides is 1. The minimum Gasteiger partial charge on any atom is -0.619 e. The Kier molecular flexibility index (Phi) is 11.5. The molecule has 264 valence electrons. The Morgan fingerprint density at radius 1 is 1.10 bits per heavy atom. The topological polar surface area (TPSA) is 141 Å². The minimum absolute atomic E-state index is 0.00514. The van der Waals surface area contributed by atoms with Crippen molar-refractivity contribution in [3.8, 4) is 11.5 Å². The molecular weight excluding hydrogens is 709 g/mol. The molecule has 1 saturated heterocycles. The van der Waals surface area contributed by atoms with E-state index in [-0.39, 0.29) is 82.1 Å². The van der Waals surface area contributed by atoms with Crippen molar-refractivity contribution in [2.45, 2.75) is 42.9 Å². The van der Waals surface area contributed by atoms with Crippen molar-refractivity contribution in [1.29, 1.82) is 0 Å². The Labute approximate surface area is 292 Å². The number of rotatable bonds is 13. The summed E-state index contributed by atoms with van der Waals surface area (Å²) in [4.78, 5) is 27.4. The largest absolute Gasteiger partial charge is 0.619 e. The molecule has 1 aromatic heterocycles. The second kappa shape index (κ2) is 15.4. The Bertz CT molecular complexity index is 1790. The van der Waals surface area contributed by atoms with Gasteiger partial charge in [0, 0.05) is 51.3 Å². The van der Waals surface area contributed by atoms with Gasteiger partial charge in [-0.25, -0.2) is 8.42 Å². The number of alkyl halides is 2. The summed E-state index contributed by atoms with van der Waals surface area (Å²) in [6, 6.07) is 8.63. The van der Waals surface area contributed by atoms with E-state index in [1.165, 1.54) is 47.4 Å². The lowest BCUT2D eigenvalue weighted by molar-refractivity contribution is -0.605. The van der Waals surface area contributed by atoms with E-state index >= 15 is 0 Å². The van der Waals surface area contributed by atoms with Crippen LogP contribution in [0.25, 0.3) is 0 Å². The van der Waals surface area contributed by atoms with Crippen LogP contribution in [0.15, 0.2) is 59.8 Å². The number of piperazine rings is 1. The first-order chi connectivity index (χ1) is 23.2. The zero-order valence-electron chi connectivity index (χ0n) is 26.5. The lowest BCUT2D eigenvalue weighted by Crippen LogP contribution is -2.56. The van der Waals surface area contributed by atoms with Crippen LogP contribution in [0.1, 0.15) is 40.4 Å².